The molecule has 1 heterocycles. The monoisotopic (exact) mass is 318 g/mol. The number of benzene rings is 3. The smallest absolute Gasteiger partial charge is 0.151 e. The fourth-order valence-electron chi connectivity index (χ4n) is 3.20. The second kappa shape index (κ2) is 5.51. The summed E-state index contributed by atoms with van der Waals surface area (Å²) < 4.78 is 6.50. The van der Waals surface area contributed by atoms with Gasteiger partial charge in [0, 0.05) is 16.2 Å². The molecule has 0 saturated heterocycles. The second-order valence-corrected chi connectivity index (χ2v) is 7.86. The Balaban J connectivity index is 1.96. The van der Waals surface area contributed by atoms with E-state index in [0.717, 1.165) is 5.75 Å². The van der Waals surface area contributed by atoms with Gasteiger partial charge in [0.1, 0.15) is 5.75 Å². The Bertz CT molecular complexity index is 898. The van der Waals surface area contributed by atoms with Crippen LogP contribution in [-0.2, 0) is 0 Å². The first-order valence-electron chi connectivity index (χ1n) is 7.89. The Labute approximate surface area is 138 Å². The fourth-order valence-corrected chi connectivity index (χ4v) is 5.45. The number of para-hydroxylation sites is 1. The van der Waals surface area contributed by atoms with E-state index in [1.165, 1.54) is 38.4 Å². The minimum atomic E-state index is -0.823. The highest BCUT2D eigenvalue weighted by molar-refractivity contribution is 7.69. The normalized spacial score (nSPS) is 15.5. The molecule has 23 heavy (non-hydrogen) atoms. The van der Waals surface area contributed by atoms with E-state index in [4.69, 9.17) is 4.52 Å². The van der Waals surface area contributed by atoms with Gasteiger partial charge in [-0.05, 0) is 49.6 Å². The zero-order valence-electron chi connectivity index (χ0n) is 13.6. The highest BCUT2D eigenvalue weighted by Gasteiger charge is 2.29. The van der Waals surface area contributed by atoms with Gasteiger partial charge in [-0.3, -0.25) is 0 Å². The van der Waals surface area contributed by atoms with Crippen LogP contribution in [0.2, 0.25) is 0 Å². The predicted molar refractivity (Wildman–Crippen MR) is 99.3 cm³/mol. The van der Waals surface area contributed by atoms with Crippen molar-refractivity contribution in [3.8, 4) is 16.9 Å². The van der Waals surface area contributed by atoms with Gasteiger partial charge in [-0.1, -0.05) is 54.1 Å². The Morgan fingerprint density at radius 3 is 2.26 bits per heavy atom. The van der Waals surface area contributed by atoms with E-state index >= 15 is 0 Å². The summed E-state index contributed by atoms with van der Waals surface area (Å²) in [6.07, 6.45) is 0. The van der Waals surface area contributed by atoms with E-state index in [0.29, 0.717) is 0 Å². The molecule has 0 aromatic heterocycles. The van der Waals surface area contributed by atoms with Crippen LogP contribution in [0.4, 0.5) is 0 Å². The zero-order chi connectivity index (χ0) is 16.0. The molecular weight excluding hydrogens is 299 g/mol. The van der Waals surface area contributed by atoms with Gasteiger partial charge in [-0.2, -0.15) is 0 Å². The zero-order valence-corrected chi connectivity index (χ0v) is 14.5. The van der Waals surface area contributed by atoms with Gasteiger partial charge in [0.25, 0.3) is 0 Å². The third kappa shape index (κ3) is 2.36. The van der Waals surface area contributed by atoms with E-state index in [-0.39, 0.29) is 0 Å². The molecule has 3 aromatic rings. The van der Waals surface area contributed by atoms with Gasteiger partial charge in [0.2, 0.25) is 0 Å². The van der Waals surface area contributed by atoms with Gasteiger partial charge >= 0.3 is 0 Å². The Morgan fingerprint density at radius 1 is 0.739 bits per heavy atom. The molecule has 3 aromatic carbocycles. The van der Waals surface area contributed by atoms with Crippen LogP contribution in [0.25, 0.3) is 11.1 Å². The molecule has 114 valence electrons. The van der Waals surface area contributed by atoms with Gasteiger partial charge in [-0.15, -0.1) is 0 Å². The van der Waals surface area contributed by atoms with Crippen LogP contribution in [0.3, 0.4) is 0 Å². The molecule has 2 heteroatoms. The maximum absolute atomic E-state index is 6.50. The van der Waals surface area contributed by atoms with E-state index in [9.17, 15) is 0 Å². The molecule has 1 atom stereocenters. The number of hydrogen-bond acceptors (Lipinski definition) is 1. The molecule has 0 bridgehead atoms. The van der Waals surface area contributed by atoms with Crippen molar-refractivity contribution >= 4 is 18.8 Å². The minimum Gasteiger partial charge on any atom is -0.464 e. The first kappa shape index (κ1) is 14.5. The molecule has 0 saturated carbocycles. The molecule has 1 aliphatic rings. The van der Waals surface area contributed by atoms with Crippen molar-refractivity contribution in [2.24, 2.45) is 0 Å². The maximum atomic E-state index is 6.50. The second-order valence-electron chi connectivity index (χ2n) is 6.12. The lowest BCUT2D eigenvalue weighted by Gasteiger charge is -2.29. The van der Waals surface area contributed by atoms with Crippen molar-refractivity contribution in [2.75, 3.05) is 0 Å². The molecule has 4 rings (SSSR count). The van der Waals surface area contributed by atoms with Crippen molar-refractivity contribution in [1.29, 1.82) is 0 Å². The highest BCUT2D eigenvalue weighted by atomic mass is 31.1. The SMILES string of the molecule is Cc1cc(C)c(C)c(P2Oc3ccccc3-c3ccccc32)c1. The topological polar surface area (TPSA) is 9.23 Å². The summed E-state index contributed by atoms with van der Waals surface area (Å²) in [5, 5.41) is 2.65. The largest absolute Gasteiger partial charge is 0.464 e. The van der Waals surface area contributed by atoms with Crippen LogP contribution in [0, 0.1) is 20.8 Å². The van der Waals surface area contributed by atoms with Crippen LogP contribution < -0.4 is 15.1 Å². The lowest BCUT2D eigenvalue weighted by Crippen LogP contribution is -2.23. The van der Waals surface area contributed by atoms with Crippen LogP contribution in [-0.4, -0.2) is 0 Å². The van der Waals surface area contributed by atoms with E-state index in [1.54, 1.807) is 0 Å². The molecule has 0 radical (unpaired) electrons. The average Bonchev–Trinajstić information content (AvgIpc) is 2.57. The fraction of sp³-hybridized carbons (Fsp3) is 0.143. The Morgan fingerprint density at radius 2 is 1.43 bits per heavy atom. The summed E-state index contributed by atoms with van der Waals surface area (Å²) in [4.78, 5) is 0. The molecule has 0 fully saturated rings. The molecule has 0 aliphatic carbocycles. The number of fused-ring (bicyclic) bond motifs is 3. The summed E-state index contributed by atoms with van der Waals surface area (Å²) in [6.45, 7) is 6.55. The van der Waals surface area contributed by atoms with Crippen LogP contribution in [0.15, 0.2) is 60.7 Å². The van der Waals surface area contributed by atoms with Crippen molar-refractivity contribution in [3.05, 3.63) is 77.4 Å². The van der Waals surface area contributed by atoms with Crippen LogP contribution in [0.5, 0.6) is 5.75 Å². The summed E-state index contributed by atoms with van der Waals surface area (Å²) >= 11 is 0. The summed E-state index contributed by atoms with van der Waals surface area (Å²) in [6, 6.07) is 21.6. The van der Waals surface area contributed by atoms with E-state index in [1.807, 2.05) is 0 Å². The van der Waals surface area contributed by atoms with Crippen molar-refractivity contribution in [3.63, 3.8) is 0 Å². The molecule has 1 unspecified atom stereocenters. The molecular formula is C21H19OP. The first-order chi connectivity index (χ1) is 11.1. The molecule has 0 N–H and O–H groups in total. The number of aryl methyl sites for hydroxylation is 2. The summed E-state index contributed by atoms with van der Waals surface area (Å²) in [7, 11) is -0.823. The van der Waals surface area contributed by atoms with Crippen molar-refractivity contribution < 1.29 is 4.52 Å². The van der Waals surface area contributed by atoms with Gasteiger partial charge in [-0.25, -0.2) is 0 Å². The Kier molecular flexibility index (Phi) is 3.47. The highest BCUT2D eigenvalue weighted by Crippen LogP contribution is 2.48. The summed E-state index contributed by atoms with van der Waals surface area (Å²) in [5.41, 5.74) is 6.48. The standard InChI is InChI=1S/C21H19OP/c1-14-12-15(2)16(3)21(13-14)23-20-11-7-5-9-18(20)17-8-4-6-10-19(17)22-23/h4-13H,1-3H3. The van der Waals surface area contributed by atoms with Crippen molar-refractivity contribution in [1.82, 2.24) is 0 Å². The third-order valence-electron chi connectivity index (χ3n) is 4.49. The average molecular weight is 318 g/mol. The van der Waals surface area contributed by atoms with Crippen molar-refractivity contribution in [2.45, 2.75) is 20.8 Å². The van der Waals surface area contributed by atoms with Gasteiger partial charge in [0.15, 0.2) is 8.15 Å². The lowest BCUT2D eigenvalue weighted by molar-refractivity contribution is 0.629. The molecule has 0 amide bonds. The molecule has 1 nitrogen and oxygen atoms in total. The van der Waals surface area contributed by atoms with Crippen LogP contribution >= 0.6 is 8.15 Å². The van der Waals surface area contributed by atoms with Gasteiger partial charge < -0.3 is 4.52 Å². The molecule has 0 spiro atoms. The first-order valence-corrected chi connectivity index (χ1v) is 9.15. The maximum Gasteiger partial charge on any atom is 0.151 e. The molecule has 1 aliphatic heterocycles. The Hall–Kier alpha value is -2.11. The minimum absolute atomic E-state index is 0.823. The summed E-state index contributed by atoms with van der Waals surface area (Å²) in [5.74, 6) is 0.996. The van der Waals surface area contributed by atoms with E-state index in [2.05, 4.69) is 81.4 Å². The van der Waals surface area contributed by atoms with E-state index < -0.39 is 8.15 Å². The predicted octanol–water partition coefficient (Wildman–Crippen LogP) is 5.02. The lowest BCUT2D eigenvalue weighted by atomic mass is 10.0. The quantitative estimate of drug-likeness (QED) is 0.573. The number of rotatable bonds is 1. The third-order valence-corrected chi connectivity index (χ3v) is 6.60. The number of hydrogen-bond donors (Lipinski definition) is 0. The van der Waals surface area contributed by atoms with Crippen LogP contribution in [0.1, 0.15) is 16.7 Å². The van der Waals surface area contributed by atoms with Gasteiger partial charge in [0.05, 0.1) is 0 Å².